The molecule has 3 rings (SSSR count). The number of nitro benzene ring substituents is 1. The third kappa shape index (κ3) is 2.59. The van der Waals surface area contributed by atoms with Gasteiger partial charge in [-0.1, -0.05) is 17.7 Å². The summed E-state index contributed by atoms with van der Waals surface area (Å²) in [5, 5.41) is 20.2. The van der Waals surface area contributed by atoms with E-state index in [1.54, 1.807) is 24.3 Å². The quantitative estimate of drug-likeness (QED) is 0.628. The lowest BCUT2D eigenvalue weighted by atomic mass is 9.99. The molecule has 1 aromatic carbocycles. The highest BCUT2D eigenvalue weighted by molar-refractivity contribution is 6.31. The normalized spacial score (nSPS) is 13.4. The SMILES string of the molecule is N#Cc1nc(N2CCc3ccc([N+](=O)[O-])cc3C2)ccc1Cl. The highest BCUT2D eigenvalue weighted by Gasteiger charge is 2.20. The zero-order chi connectivity index (χ0) is 15.7. The van der Waals surface area contributed by atoms with Crippen LogP contribution in [0.5, 0.6) is 0 Å². The molecule has 0 amide bonds. The smallest absolute Gasteiger partial charge is 0.269 e. The minimum atomic E-state index is -0.395. The Bertz CT molecular complexity index is 801. The predicted octanol–water partition coefficient (Wildman–Crippen LogP) is 3.08. The van der Waals surface area contributed by atoms with Crippen molar-refractivity contribution in [2.75, 3.05) is 11.4 Å². The van der Waals surface area contributed by atoms with E-state index in [-0.39, 0.29) is 11.4 Å². The Morgan fingerprint density at radius 3 is 2.86 bits per heavy atom. The molecule has 0 unspecified atom stereocenters. The fraction of sp³-hybridized carbons (Fsp3) is 0.200. The second-order valence-corrected chi connectivity index (χ2v) is 5.40. The second-order valence-electron chi connectivity index (χ2n) is 4.99. The summed E-state index contributed by atoms with van der Waals surface area (Å²) in [4.78, 5) is 16.7. The van der Waals surface area contributed by atoms with Crippen molar-refractivity contribution in [2.45, 2.75) is 13.0 Å². The van der Waals surface area contributed by atoms with E-state index >= 15 is 0 Å². The van der Waals surface area contributed by atoms with Crippen molar-refractivity contribution >= 4 is 23.1 Å². The molecule has 6 nitrogen and oxygen atoms in total. The van der Waals surface area contributed by atoms with E-state index in [1.165, 1.54) is 6.07 Å². The van der Waals surface area contributed by atoms with Crippen molar-refractivity contribution in [1.82, 2.24) is 4.98 Å². The number of rotatable bonds is 2. The van der Waals surface area contributed by atoms with Gasteiger partial charge in [0.25, 0.3) is 5.69 Å². The standard InChI is InChI=1S/C15H11ClN4O2/c16-13-3-4-15(18-14(13)8-17)19-6-5-10-1-2-12(20(21)22)7-11(10)9-19/h1-4,7H,5-6,9H2. The Morgan fingerprint density at radius 1 is 1.32 bits per heavy atom. The van der Waals surface area contributed by atoms with Crippen molar-refractivity contribution in [3.8, 4) is 6.07 Å². The van der Waals surface area contributed by atoms with E-state index in [0.29, 0.717) is 17.4 Å². The first-order valence-electron chi connectivity index (χ1n) is 6.66. The first-order valence-corrected chi connectivity index (χ1v) is 7.04. The van der Waals surface area contributed by atoms with Crippen molar-refractivity contribution < 1.29 is 4.92 Å². The monoisotopic (exact) mass is 314 g/mol. The van der Waals surface area contributed by atoms with Crippen molar-refractivity contribution in [2.24, 2.45) is 0 Å². The molecule has 1 aliphatic rings. The van der Waals surface area contributed by atoms with Gasteiger partial charge in [-0.05, 0) is 29.7 Å². The van der Waals surface area contributed by atoms with Crippen LogP contribution in [0.3, 0.4) is 0 Å². The molecule has 0 saturated heterocycles. The molecule has 1 aliphatic heterocycles. The molecule has 22 heavy (non-hydrogen) atoms. The van der Waals surface area contributed by atoms with Crippen LogP contribution in [-0.2, 0) is 13.0 Å². The van der Waals surface area contributed by atoms with Gasteiger partial charge in [0.05, 0.1) is 9.95 Å². The summed E-state index contributed by atoms with van der Waals surface area (Å²) >= 11 is 5.89. The molecule has 0 radical (unpaired) electrons. The maximum Gasteiger partial charge on any atom is 0.269 e. The molecule has 7 heteroatoms. The van der Waals surface area contributed by atoms with Gasteiger partial charge in [0, 0.05) is 25.2 Å². The van der Waals surface area contributed by atoms with E-state index in [0.717, 1.165) is 24.1 Å². The number of pyridine rings is 1. The molecule has 0 atom stereocenters. The summed E-state index contributed by atoms with van der Waals surface area (Å²) in [6, 6.07) is 10.3. The molecule has 2 heterocycles. The number of halogens is 1. The van der Waals surface area contributed by atoms with Gasteiger partial charge in [0.15, 0.2) is 5.69 Å². The van der Waals surface area contributed by atoms with Crippen LogP contribution in [0.25, 0.3) is 0 Å². The number of hydrogen-bond donors (Lipinski definition) is 0. The van der Waals surface area contributed by atoms with Crippen LogP contribution in [0, 0.1) is 21.4 Å². The van der Waals surface area contributed by atoms with E-state index in [2.05, 4.69) is 4.98 Å². The van der Waals surface area contributed by atoms with Gasteiger partial charge in [-0.25, -0.2) is 4.98 Å². The van der Waals surface area contributed by atoms with Gasteiger partial charge in [-0.3, -0.25) is 10.1 Å². The first-order chi connectivity index (χ1) is 10.6. The number of anilines is 1. The van der Waals surface area contributed by atoms with E-state index in [9.17, 15) is 10.1 Å². The Balaban J connectivity index is 1.92. The highest BCUT2D eigenvalue weighted by Crippen LogP contribution is 2.27. The third-order valence-corrected chi connectivity index (χ3v) is 3.98. The molecule has 0 N–H and O–H groups in total. The Labute approximate surface area is 131 Å². The number of non-ortho nitro benzene ring substituents is 1. The summed E-state index contributed by atoms with van der Waals surface area (Å²) in [5.74, 6) is 0.651. The minimum Gasteiger partial charge on any atom is -0.352 e. The summed E-state index contributed by atoms with van der Waals surface area (Å²) < 4.78 is 0. The Morgan fingerprint density at radius 2 is 2.14 bits per heavy atom. The molecule has 1 aromatic heterocycles. The van der Waals surface area contributed by atoms with Crippen LogP contribution in [-0.4, -0.2) is 16.5 Å². The van der Waals surface area contributed by atoms with Gasteiger partial charge < -0.3 is 4.90 Å². The van der Waals surface area contributed by atoms with Crippen LogP contribution in [0.4, 0.5) is 11.5 Å². The summed E-state index contributed by atoms with van der Waals surface area (Å²) in [6.45, 7) is 1.26. The lowest BCUT2D eigenvalue weighted by Gasteiger charge is -2.29. The topological polar surface area (TPSA) is 83.1 Å². The summed E-state index contributed by atoms with van der Waals surface area (Å²) in [7, 11) is 0. The van der Waals surface area contributed by atoms with Crippen molar-refractivity contribution in [3.63, 3.8) is 0 Å². The van der Waals surface area contributed by atoms with Gasteiger partial charge in [-0.15, -0.1) is 0 Å². The van der Waals surface area contributed by atoms with Gasteiger partial charge >= 0.3 is 0 Å². The van der Waals surface area contributed by atoms with Crippen LogP contribution < -0.4 is 4.90 Å². The molecule has 0 aliphatic carbocycles. The largest absolute Gasteiger partial charge is 0.352 e. The molecular formula is C15H11ClN4O2. The Kier molecular flexibility index (Phi) is 3.65. The number of nitriles is 1. The zero-order valence-electron chi connectivity index (χ0n) is 11.5. The molecule has 110 valence electrons. The lowest BCUT2D eigenvalue weighted by molar-refractivity contribution is -0.384. The van der Waals surface area contributed by atoms with Crippen LogP contribution in [0.15, 0.2) is 30.3 Å². The van der Waals surface area contributed by atoms with Gasteiger partial charge in [0.1, 0.15) is 11.9 Å². The van der Waals surface area contributed by atoms with Gasteiger partial charge in [0.2, 0.25) is 0 Å². The van der Waals surface area contributed by atoms with Crippen LogP contribution in [0.1, 0.15) is 16.8 Å². The predicted molar refractivity (Wildman–Crippen MR) is 81.8 cm³/mol. The second kappa shape index (κ2) is 5.62. The van der Waals surface area contributed by atoms with Crippen LogP contribution >= 0.6 is 11.6 Å². The number of aromatic nitrogens is 1. The Hall–Kier alpha value is -2.65. The summed E-state index contributed by atoms with van der Waals surface area (Å²) in [5.41, 5.74) is 2.29. The average molecular weight is 315 g/mol. The summed E-state index contributed by atoms with van der Waals surface area (Å²) in [6.07, 6.45) is 0.777. The number of benzene rings is 1. The fourth-order valence-electron chi connectivity index (χ4n) is 2.54. The molecule has 0 spiro atoms. The number of nitrogens with zero attached hydrogens (tertiary/aromatic N) is 4. The number of nitro groups is 1. The molecule has 0 bridgehead atoms. The molecule has 2 aromatic rings. The lowest BCUT2D eigenvalue weighted by Crippen LogP contribution is -2.31. The maximum absolute atomic E-state index is 10.9. The zero-order valence-corrected chi connectivity index (χ0v) is 12.2. The molecule has 0 saturated carbocycles. The molecular weight excluding hydrogens is 304 g/mol. The van der Waals surface area contributed by atoms with Gasteiger partial charge in [-0.2, -0.15) is 5.26 Å². The minimum absolute atomic E-state index is 0.0855. The fourth-order valence-corrected chi connectivity index (χ4v) is 2.69. The molecule has 0 fully saturated rings. The number of hydrogen-bond acceptors (Lipinski definition) is 5. The van der Waals surface area contributed by atoms with E-state index in [1.807, 2.05) is 11.0 Å². The average Bonchev–Trinajstić information content (AvgIpc) is 2.54. The third-order valence-electron chi connectivity index (χ3n) is 3.67. The van der Waals surface area contributed by atoms with Crippen molar-refractivity contribution in [3.05, 3.63) is 62.3 Å². The van der Waals surface area contributed by atoms with Crippen molar-refractivity contribution in [1.29, 1.82) is 5.26 Å². The van der Waals surface area contributed by atoms with E-state index in [4.69, 9.17) is 16.9 Å². The first kappa shape index (κ1) is 14.3. The van der Waals surface area contributed by atoms with E-state index < -0.39 is 4.92 Å². The highest BCUT2D eigenvalue weighted by atomic mass is 35.5. The van der Waals surface area contributed by atoms with Crippen LogP contribution in [0.2, 0.25) is 5.02 Å². The maximum atomic E-state index is 10.9. The number of fused-ring (bicyclic) bond motifs is 1.